The predicted octanol–water partition coefficient (Wildman–Crippen LogP) is 0.370. The summed E-state index contributed by atoms with van der Waals surface area (Å²) in [5.74, 6) is 0.759. The highest BCUT2D eigenvalue weighted by Gasteiger charge is 2.23. The van der Waals surface area contributed by atoms with Crippen LogP contribution in [0.4, 0.5) is 5.69 Å². The molecule has 1 atom stereocenters. The number of hydrogen-bond acceptors (Lipinski definition) is 4. The largest absolute Gasteiger partial charge is 0.369 e. The number of nitrogens with one attached hydrogen (secondary N) is 3. The number of para-hydroxylation sites is 1. The molecule has 1 saturated heterocycles. The second-order valence-corrected chi connectivity index (χ2v) is 7.76. The van der Waals surface area contributed by atoms with Crippen LogP contribution in [0.2, 0.25) is 0 Å². The molecule has 0 aromatic heterocycles. The molecular weight excluding hydrogens is 326 g/mol. The smallest absolute Gasteiger partial charge is 0.208 e. The maximum absolute atomic E-state index is 11.0. The van der Waals surface area contributed by atoms with Gasteiger partial charge in [-0.3, -0.25) is 4.99 Å². The Bertz CT molecular complexity index is 633. The van der Waals surface area contributed by atoms with Crippen molar-refractivity contribution >= 4 is 21.7 Å². The fourth-order valence-electron chi connectivity index (χ4n) is 2.69. The van der Waals surface area contributed by atoms with Gasteiger partial charge in [-0.1, -0.05) is 18.2 Å². The van der Waals surface area contributed by atoms with Crippen molar-refractivity contribution in [3.8, 4) is 0 Å². The molecule has 1 fully saturated rings. The first kappa shape index (κ1) is 18.5. The Balaban J connectivity index is 1.70. The Kier molecular flexibility index (Phi) is 6.86. The summed E-state index contributed by atoms with van der Waals surface area (Å²) in [5.41, 5.74) is 1.25. The van der Waals surface area contributed by atoms with Crippen LogP contribution in [0.15, 0.2) is 35.3 Å². The molecule has 1 aromatic rings. The summed E-state index contributed by atoms with van der Waals surface area (Å²) in [5, 5.41) is 6.65. The van der Waals surface area contributed by atoms with E-state index in [0.717, 1.165) is 25.5 Å². The van der Waals surface area contributed by atoms with E-state index in [2.05, 4.69) is 49.5 Å². The van der Waals surface area contributed by atoms with Crippen molar-refractivity contribution in [2.45, 2.75) is 18.9 Å². The second-order valence-electron chi connectivity index (χ2n) is 5.93. The third kappa shape index (κ3) is 6.37. The van der Waals surface area contributed by atoms with Gasteiger partial charge in [0.25, 0.3) is 0 Å². The van der Waals surface area contributed by atoms with Gasteiger partial charge in [0.2, 0.25) is 10.0 Å². The molecule has 3 N–H and O–H groups in total. The van der Waals surface area contributed by atoms with E-state index in [1.54, 1.807) is 7.05 Å². The summed E-state index contributed by atoms with van der Waals surface area (Å²) in [7, 11) is -1.37. The number of hydrogen-bond donors (Lipinski definition) is 3. The Morgan fingerprint density at radius 1 is 1.29 bits per heavy atom. The van der Waals surface area contributed by atoms with Crippen molar-refractivity contribution in [2.75, 3.05) is 44.4 Å². The average Bonchev–Trinajstić information content (AvgIpc) is 3.02. The molecule has 1 unspecified atom stereocenters. The first-order valence-corrected chi connectivity index (χ1v) is 10.1. The lowest BCUT2D eigenvalue weighted by atomic mass is 10.3. The highest BCUT2D eigenvalue weighted by Crippen LogP contribution is 2.19. The Morgan fingerprint density at radius 3 is 2.71 bits per heavy atom. The van der Waals surface area contributed by atoms with Crippen LogP contribution in [0.25, 0.3) is 0 Å². The standard InChI is InChI=1S/C16H27N5O2S/c1-17-16(18-10-6-11-19-24(2,22)23)20-14-9-12-21(13-14)15-7-4-3-5-8-15/h3-5,7-8,14,19H,6,9-13H2,1-2H3,(H2,17,18,20). The summed E-state index contributed by atoms with van der Waals surface area (Å²) in [4.78, 5) is 6.60. The van der Waals surface area contributed by atoms with Gasteiger partial charge in [0.1, 0.15) is 0 Å². The summed E-state index contributed by atoms with van der Waals surface area (Å²) in [6.45, 7) is 3.06. The lowest BCUT2D eigenvalue weighted by Gasteiger charge is -2.20. The van der Waals surface area contributed by atoms with Crippen molar-refractivity contribution in [3.05, 3.63) is 30.3 Å². The minimum absolute atomic E-state index is 0.352. The van der Waals surface area contributed by atoms with E-state index >= 15 is 0 Å². The molecular formula is C16H27N5O2S. The fraction of sp³-hybridized carbons (Fsp3) is 0.562. The van der Waals surface area contributed by atoms with Crippen LogP contribution >= 0.6 is 0 Å². The highest BCUT2D eigenvalue weighted by atomic mass is 32.2. The summed E-state index contributed by atoms with van der Waals surface area (Å²) in [6.07, 6.45) is 2.93. The quantitative estimate of drug-likeness (QED) is 0.375. The molecule has 1 aliphatic heterocycles. The third-order valence-electron chi connectivity index (χ3n) is 3.88. The zero-order chi connectivity index (χ0) is 17.4. The van der Waals surface area contributed by atoms with Crippen molar-refractivity contribution in [2.24, 2.45) is 4.99 Å². The van der Waals surface area contributed by atoms with Gasteiger partial charge in [0.15, 0.2) is 5.96 Å². The van der Waals surface area contributed by atoms with Crippen LogP contribution in [0, 0.1) is 0 Å². The Labute approximate surface area is 144 Å². The third-order valence-corrected chi connectivity index (χ3v) is 4.61. The molecule has 0 aliphatic carbocycles. The van der Waals surface area contributed by atoms with Crippen molar-refractivity contribution in [3.63, 3.8) is 0 Å². The van der Waals surface area contributed by atoms with Crippen LogP contribution in [-0.2, 0) is 10.0 Å². The highest BCUT2D eigenvalue weighted by molar-refractivity contribution is 7.88. The number of guanidine groups is 1. The van der Waals surface area contributed by atoms with E-state index in [1.165, 1.54) is 11.9 Å². The molecule has 24 heavy (non-hydrogen) atoms. The molecule has 8 heteroatoms. The monoisotopic (exact) mass is 353 g/mol. The zero-order valence-electron chi connectivity index (χ0n) is 14.3. The van der Waals surface area contributed by atoms with Gasteiger partial charge < -0.3 is 15.5 Å². The van der Waals surface area contributed by atoms with Gasteiger partial charge in [-0.25, -0.2) is 13.1 Å². The number of rotatable bonds is 7. The number of benzene rings is 1. The summed E-state index contributed by atoms with van der Waals surface area (Å²) >= 11 is 0. The molecule has 1 heterocycles. The van der Waals surface area contributed by atoms with E-state index in [0.29, 0.717) is 25.6 Å². The SMILES string of the molecule is CN=C(NCCCNS(C)(=O)=O)NC1CCN(c2ccccc2)C1. The first-order valence-electron chi connectivity index (χ1n) is 8.20. The second kappa shape index (κ2) is 8.89. The topological polar surface area (TPSA) is 85.8 Å². The van der Waals surface area contributed by atoms with E-state index in [4.69, 9.17) is 0 Å². The first-order chi connectivity index (χ1) is 11.5. The molecule has 0 radical (unpaired) electrons. The molecule has 0 spiro atoms. The van der Waals surface area contributed by atoms with Crippen molar-refractivity contribution in [1.29, 1.82) is 0 Å². The number of aliphatic imine (C=N–C) groups is 1. The summed E-state index contributed by atoms with van der Waals surface area (Å²) < 4.78 is 24.5. The van der Waals surface area contributed by atoms with Gasteiger partial charge in [-0.05, 0) is 25.0 Å². The van der Waals surface area contributed by atoms with Gasteiger partial charge >= 0.3 is 0 Å². The van der Waals surface area contributed by atoms with Crippen LogP contribution in [0.5, 0.6) is 0 Å². The molecule has 134 valence electrons. The van der Waals surface area contributed by atoms with E-state index < -0.39 is 10.0 Å². The minimum Gasteiger partial charge on any atom is -0.369 e. The molecule has 1 aliphatic rings. The molecule has 0 amide bonds. The lowest BCUT2D eigenvalue weighted by molar-refractivity contribution is 0.583. The normalized spacial score (nSPS) is 18.7. The maximum atomic E-state index is 11.0. The van der Waals surface area contributed by atoms with Crippen molar-refractivity contribution in [1.82, 2.24) is 15.4 Å². The molecule has 0 bridgehead atoms. The van der Waals surface area contributed by atoms with E-state index in [9.17, 15) is 8.42 Å². The van der Waals surface area contributed by atoms with Gasteiger partial charge in [0, 0.05) is 45.0 Å². The summed E-state index contributed by atoms with van der Waals surface area (Å²) in [6, 6.07) is 10.8. The molecule has 2 rings (SSSR count). The Hall–Kier alpha value is -1.80. The van der Waals surface area contributed by atoms with Crippen molar-refractivity contribution < 1.29 is 8.42 Å². The van der Waals surface area contributed by atoms with Gasteiger partial charge in [0.05, 0.1) is 6.26 Å². The number of sulfonamides is 1. The zero-order valence-corrected chi connectivity index (χ0v) is 15.1. The van der Waals surface area contributed by atoms with E-state index in [-0.39, 0.29) is 0 Å². The van der Waals surface area contributed by atoms with E-state index in [1.807, 2.05) is 6.07 Å². The fourth-order valence-corrected chi connectivity index (χ4v) is 3.21. The Morgan fingerprint density at radius 2 is 2.04 bits per heavy atom. The average molecular weight is 353 g/mol. The van der Waals surface area contributed by atoms with Gasteiger partial charge in [-0.2, -0.15) is 0 Å². The van der Waals surface area contributed by atoms with Crippen LogP contribution in [0.3, 0.4) is 0 Å². The molecule has 7 nitrogen and oxygen atoms in total. The minimum atomic E-state index is -3.11. The van der Waals surface area contributed by atoms with Crippen LogP contribution < -0.4 is 20.3 Å². The van der Waals surface area contributed by atoms with Crippen LogP contribution in [-0.4, -0.2) is 59.9 Å². The predicted molar refractivity (Wildman–Crippen MR) is 99.0 cm³/mol. The number of anilines is 1. The number of nitrogens with zero attached hydrogens (tertiary/aromatic N) is 2. The van der Waals surface area contributed by atoms with Gasteiger partial charge in [-0.15, -0.1) is 0 Å². The maximum Gasteiger partial charge on any atom is 0.208 e. The van der Waals surface area contributed by atoms with Crippen LogP contribution in [0.1, 0.15) is 12.8 Å². The molecule has 1 aromatic carbocycles. The lowest BCUT2D eigenvalue weighted by Crippen LogP contribution is -2.45. The molecule has 0 saturated carbocycles.